The predicted octanol–water partition coefficient (Wildman–Crippen LogP) is 3.54. The lowest BCUT2D eigenvalue weighted by Crippen LogP contribution is -2.34. The molecule has 0 spiro atoms. The highest BCUT2D eigenvalue weighted by Gasteiger charge is 2.24. The second kappa shape index (κ2) is 9.02. The fourth-order valence-electron chi connectivity index (χ4n) is 4.30. The summed E-state index contributed by atoms with van der Waals surface area (Å²) in [6.45, 7) is 8.21. The van der Waals surface area contributed by atoms with Crippen LogP contribution in [0.15, 0.2) is 30.3 Å². The van der Waals surface area contributed by atoms with Crippen LogP contribution in [0.25, 0.3) is 5.65 Å². The quantitative estimate of drug-likeness (QED) is 0.643. The lowest BCUT2D eigenvalue weighted by Gasteiger charge is -2.32. The van der Waals surface area contributed by atoms with Gasteiger partial charge in [0, 0.05) is 43.3 Å². The fourth-order valence-corrected chi connectivity index (χ4v) is 4.30. The Balaban J connectivity index is 1.49. The fraction of sp³-hybridized carbons (Fsp3) is 0.478. The van der Waals surface area contributed by atoms with Gasteiger partial charge in [0.05, 0.1) is 25.1 Å². The summed E-state index contributed by atoms with van der Waals surface area (Å²) in [7, 11) is 1.71. The molecule has 0 aliphatic carbocycles. The SMILES string of the molecule is CCOCc1cc(CN2CCC[C@@H](c3cc(N)n4nc(C)cc4n3)C2)ccc1OC. The van der Waals surface area contributed by atoms with E-state index in [-0.39, 0.29) is 0 Å². The summed E-state index contributed by atoms with van der Waals surface area (Å²) < 4.78 is 12.8. The number of anilines is 1. The molecule has 1 aliphatic heterocycles. The second-order valence-electron chi connectivity index (χ2n) is 8.02. The highest BCUT2D eigenvalue weighted by molar-refractivity contribution is 5.48. The first-order valence-corrected chi connectivity index (χ1v) is 10.7. The smallest absolute Gasteiger partial charge is 0.157 e. The molecule has 160 valence electrons. The van der Waals surface area contributed by atoms with Gasteiger partial charge in [-0.25, -0.2) is 4.98 Å². The van der Waals surface area contributed by atoms with E-state index in [0.717, 1.165) is 60.8 Å². The van der Waals surface area contributed by atoms with E-state index in [1.165, 1.54) is 5.56 Å². The summed E-state index contributed by atoms with van der Waals surface area (Å²) >= 11 is 0. The van der Waals surface area contributed by atoms with Crippen LogP contribution in [0.5, 0.6) is 5.75 Å². The van der Waals surface area contributed by atoms with Crippen LogP contribution in [0, 0.1) is 6.92 Å². The largest absolute Gasteiger partial charge is 0.496 e. The zero-order valence-electron chi connectivity index (χ0n) is 18.1. The van der Waals surface area contributed by atoms with Crippen molar-refractivity contribution in [1.29, 1.82) is 0 Å². The van der Waals surface area contributed by atoms with E-state index < -0.39 is 0 Å². The van der Waals surface area contributed by atoms with Crippen molar-refractivity contribution in [3.8, 4) is 5.75 Å². The van der Waals surface area contributed by atoms with Gasteiger partial charge in [-0.15, -0.1) is 0 Å². The molecule has 0 unspecified atom stereocenters. The molecule has 0 bridgehead atoms. The van der Waals surface area contributed by atoms with Crippen molar-refractivity contribution in [3.63, 3.8) is 0 Å². The van der Waals surface area contributed by atoms with Crippen LogP contribution in [-0.2, 0) is 17.9 Å². The van der Waals surface area contributed by atoms with E-state index in [2.05, 4.69) is 22.1 Å². The summed E-state index contributed by atoms with van der Waals surface area (Å²) in [6.07, 6.45) is 2.28. The van der Waals surface area contributed by atoms with Crippen molar-refractivity contribution in [2.45, 2.75) is 45.8 Å². The first-order valence-electron chi connectivity index (χ1n) is 10.7. The molecule has 3 heterocycles. The number of benzene rings is 1. The Morgan fingerprint density at radius 3 is 2.90 bits per heavy atom. The van der Waals surface area contributed by atoms with Gasteiger partial charge < -0.3 is 15.2 Å². The molecular formula is C23H31N5O2. The Morgan fingerprint density at radius 2 is 2.10 bits per heavy atom. The van der Waals surface area contributed by atoms with Crippen molar-refractivity contribution >= 4 is 11.5 Å². The number of ether oxygens (including phenoxy) is 2. The van der Waals surface area contributed by atoms with Crippen molar-refractivity contribution in [3.05, 3.63) is 52.8 Å². The maximum atomic E-state index is 6.24. The molecule has 3 aromatic rings. The highest BCUT2D eigenvalue weighted by Crippen LogP contribution is 2.29. The number of likely N-dealkylation sites (tertiary alicyclic amines) is 1. The second-order valence-corrected chi connectivity index (χ2v) is 8.02. The summed E-state index contributed by atoms with van der Waals surface area (Å²) in [6, 6.07) is 10.4. The van der Waals surface area contributed by atoms with Gasteiger partial charge in [0.15, 0.2) is 5.65 Å². The molecule has 1 atom stereocenters. The number of piperidine rings is 1. The van der Waals surface area contributed by atoms with Crippen LogP contribution in [0.1, 0.15) is 48.2 Å². The molecular weight excluding hydrogens is 378 g/mol. The summed E-state index contributed by atoms with van der Waals surface area (Å²) in [4.78, 5) is 7.36. The number of hydrogen-bond donors (Lipinski definition) is 1. The zero-order chi connectivity index (χ0) is 21.1. The minimum absolute atomic E-state index is 0.377. The average Bonchev–Trinajstić information content (AvgIpc) is 3.13. The third-order valence-electron chi connectivity index (χ3n) is 5.73. The Hall–Kier alpha value is -2.64. The Morgan fingerprint density at radius 1 is 1.23 bits per heavy atom. The van der Waals surface area contributed by atoms with Crippen LogP contribution in [0.2, 0.25) is 0 Å². The molecule has 1 aliphatic rings. The summed E-state index contributed by atoms with van der Waals surface area (Å²) in [5.41, 5.74) is 11.4. The molecule has 2 aromatic heterocycles. The van der Waals surface area contributed by atoms with Gasteiger partial charge in [0.2, 0.25) is 0 Å². The molecule has 7 heteroatoms. The highest BCUT2D eigenvalue weighted by atomic mass is 16.5. The monoisotopic (exact) mass is 409 g/mol. The number of rotatable bonds is 7. The molecule has 1 saturated heterocycles. The van der Waals surface area contributed by atoms with Crippen molar-refractivity contribution in [2.24, 2.45) is 0 Å². The molecule has 7 nitrogen and oxygen atoms in total. The van der Waals surface area contributed by atoms with Crippen LogP contribution in [0.3, 0.4) is 0 Å². The van der Waals surface area contributed by atoms with Gasteiger partial charge in [-0.1, -0.05) is 6.07 Å². The van der Waals surface area contributed by atoms with E-state index in [1.54, 1.807) is 11.6 Å². The Labute approximate surface area is 177 Å². The van der Waals surface area contributed by atoms with Crippen LogP contribution < -0.4 is 10.5 Å². The number of aryl methyl sites for hydroxylation is 1. The molecule has 1 aromatic carbocycles. The predicted molar refractivity (Wildman–Crippen MR) is 118 cm³/mol. The normalized spacial score (nSPS) is 17.5. The topological polar surface area (TPSA) is 77.9 Å². The van der Waals surface area contributed by atoms with Crippen LogP contribution in [0.4, 0.5) is 5.82 Å². The standard InChI is InChI=1S/C23H31N5O2/c1-4-30-15-19-11-17(7-8-21(19)29-3)13-27-9-5-6-18(14-27)20-12-22(24)28-23(25-20)10-16(2)26-28/h7-8,10-12,18H,4-6,9,13-15,24H2,1-3H3/t18-/m1/s1. The number of methoxy groups -OCH3 is 1. The molecule has 0 radical (unpaired) electrons. The summed E-state index contributed by atoms with van der Waals surface area (Å²) in [5, 5.41) is 4.41. The van der Waals surface area contributed by atoms with E-state index in [0.29, 0.717) is 24.9 Å². The number of aromatic nitrogens is 3. The van der Waals surface area contributed by atoms with Gasteiger partial charge in [0.1, 0.15) is 11.6 Å². The molecule has 0 saturated carbocycles. The Kier molecular flexibility index (Phi) is 6.20. The lowest BCUT2D eigenvalue weighted by molar-refractivity contribution is 0.131. The number of nitrogen functional groups attached to an aromatic ring is 1. The van der Waals surface area contributed by atoms with Gasteiger partial charge >= 0.3 is 0 Å². The molecule has 30 heavy (non-hydrogen) atoms. The van der Waals surface area contributed by atoms with Crippen LogP contribution in [-0.4, -0.2) is 46.3 Å². The average molecular weight is 410 g/mol. The minimum Gasteiger partial charge on any atom is -0.496 e. The zero-order valence-corrected chi connectivity index (χ0v) is 18.1. The maximum Gasteiger partial charge on any atom is 0.157 e. The number of nitrogens with two attached hydrogens (primary N) is 1. The summed E-state index contributed by atoms with van der Waals surface area (Å²) in [5.74, 6) is 1.91. The molecule has 0 amide bonds. The van der Waals surface area contributed by atoms with E-state index in [4.69, 9.17) is 20.2 Å². The van der Waals surface area contributed by atoms with Crippen molar-refractivity contribution in [1.82, 2.24) is 19.5 Å². The van der Waals surface area contributed by atoms with E-state index >= 15 is 0 Å². The number of fused-ring (bicyclic) bond motifs is 1. The number of hydrogen-bond acceptors (Lipinski definition) is 6. The maximum absolute atomic E-state index is 6.24. The Bertz CT molecular complexity index is 1020. The van der Waals surface area contributed by atoms with Gasteiger partial charge in [0.25, 0.3) is 0 Å². The first-order chi connectivity index (χ1) is 14.6. The lowest BCUT2D eigenvalue weighted by atomic mass is 9.94. The molecule has 2 N–H and O–H groups in total. The third-order valence-corrected chi connectivity index (χ3v) is 5.73. The van der Waals surface area contributed by atoms with Gasteiger partial charge in [-0.05, 0) is 50.9 Å². The van der Waals surface area contributed by atoms with E-state index in [9.17, 15) is 0 Å². The van der Waals surface area contributed by atoms with Crippen LogP contribution >= 0.6 is 0 Å². The molecule has 1 fully saturated rings. The first kappa shape index (κ1) is 20.6. The number of nitrogens with zero attached hydrogens (tertiary/aromatic N) is 4. The molecule has 4 rings (SSSR count). The van der Waals surface area contributed by atoms with E-state index in [1.807, 2.05) is 32.0 Å². The van der Waals surface area contributed by atoms with Crippen molar-refractivity contribution in [2.75, 3.05) is 32.5 Å². The minimum atomic E-state index is 0.377. The van der Waals surface area contributed by atoms with Crippen molar-refractivity contribution < 1.29 is 9.47 Å². The van der Waals surface area contributed by atoms with Gasteiger partial charge in [-0.3, -0.25) is 4.90 Å². The third kappa shape index (κ3) is 4.42. The van der Waals surface area contributed by atoms with Gasteiger partial charge in [-0.2, -0.15) is 9.61 Å².